The maximum absolute atomic E-state index is 6.18. The Morgan fingerprint density at radius 1 is 1.17 bits per heavy atom. The zero-order chi connectivity index (χ0) is 15.6. The fourth-order valence-corrected chi connectivity index (χ4v) is 5.00. The fourth-order valence-electron chi connectivity index (χ4n) is 4.83. The molecule has 1 N–H and O–H groups in total. The van der Waals surface area contributed by atoms with Crippen molar-refractivity contribution >= 4 is 22.5 Å². The zero-order valence-electron chi connectivity index (χ0n) is 13.6. The standard InChI is InChI=1S/C18H23ClN4/c1-21-8-9-22-6-5-16-18-14(4-7-23(16)17(22)11-21)13-3-2-12(19)10-15(13)20-18/h2-3,10,16-17,20H,4-9,11H2,1H3/t16-,17-/m0/s1. The average Bonchev–Trinajstić information content (AvgIpc) is 2.92. The summed E-state index contributed by atoms with van der Waals surface area (Å²) in [6.07, 6.45) is 2.95. The monoisotopic (exact) mass is 330 g/mol. The van der Waals surface area contributed by atoms with E-state index >= 15 is 0 Å². The highest BCUT2D eigenvalue weighted by atomic mass is 35.5. The Bertz CT molecular complexity index is 755. The highest BCUT2D eigenvalue weighted by Gasteiger charge is 2.42. The first-order chi connectivity index (χ1) is 11.2. The molecule has 0 spiro atoms. The summed E-state index contributed by atoms with van der Waals surface area (Å²) in [5.41, 5.74) is 4.17. The van der Waals surface area contributed by atoms with E-state index in [1.165, 1.54) is 54.8 Å². The first kappa shape index (κ1) is 14.3. The summed E-state index contributed by atoms with van der Waals surface area (Å²) in [6.45, 7) is 5.96. The van der Waals surface area contributed by atoms with Crippen molar-refractivity contribution in [1.82, 2.24) is 19.7 Å². The number of nitrogens with one attached hydrogen (secondary N) is 1. The van der Waals surface area contributed by atoms with Crippen LogP contribution in [-0.2, 0) is 6.42 Å². The number of hydrogen-bond donors (Lipinski definition) is 1. The molecule has 23 heavy (non-hydrogen) atoms. The maximum Gasteiger partial charge on any atom is 0.0759 e. The summed E-state index contributed by atoms with van der Waals surface area (Å²) >= 11 is 6.18. The quantitative estimate of drug-likeness (QED) is 0.804. The predicted molar refractivity (Wildman–Crippen MR) is 93.9 cm³/mol. The summed E-state index contributed by atoms with van der Waals surface area (Å²) in [6, 6.07) is 6.82. The number of nitrogens with zero attached hydrogens (tertiary/aromatic N) is 3. The van der Waals surface area contributed by atoms with Gasteiger partial charge in [-0.15, -0.1) is 0 Å². The molecule has 122 valence electrons. The Morgan fingerprint density at radius 3 is 3.00 bits per heavy atom. The lowest BCUT2D eigenvalue weighted by Gasteiger charge is -2.53. The van der Waals surface area contributed by atoms with Crippen LogP contribution < -0.4 is 0 Å². The normalized spacial score (nSPS) is 29.3. The van der Waals surface area contributed by atoms with Crippen molar-refractivity contribution in [2.24, 2.45) is 0 Å². The Balaban J connectivity index is 1.55. The van der Waals surface area contributed by atoms with Crippen LogP contribution in [0.25, 0.3) is 10.9 Å². The number of hydrogen-bond acceptors (Lipinski definition) is 3. The summed E-state index contributed by atoms with van der Waals surface area (Å²) in [4.78, 5) is 11.6. The third-order valence-corrected chi connectivity index (χ3v) is 6.23. The third kappa shape index (κ3) is 2.16. The lowest BCUT2D eigenvalue weighted by atomic mass is 9.92. The van der Waals surface area contributed by atoms with Crippen LogP contribution >= 0.6 is 11.6 Å². The van der Waals surface area contributed by atoms with Gasteiger partial charge in [-0.05, 0) is 37.6 Å². The first-order valence-corrected chi connectivity index (χ1v) is 9.07. The van der Waals surface area contributed by atoms with Crippen molar-refractivity contribution in [3.05, 3.63) is 34.5 Å². The lowest BCUT2D eigenvalue weighted by molar-refractivity contribution is -0.0772. The average molecular weight is 331 g/mol. The van der Waals surface area contributed by atoms with Crippen molar-refractivity contribution in [2.45, 2.75) is 25.0 Å². The van der Waals surface area contributed by atoms with Gasteiger partial charge in [0.1, 0.15) is 0 Å². The lowest BCUT2D eigenvalue weighted by Crippen LogP contribution is -2.64. The van der Waals surface area contributed by atoms with E-state index in [2.05, 4.69) is 38.9 Å². The molecule has 0 aliphatic carbocycles. The van der Waals surface area contributed by atoms with Crippen LogP contribution in [0, 0.1) is 0 Å². The van der Waals surface area contributed by atoms with E-state index in [0.29, 0.717) is 12.2 Å². The number of fused-ring (bicyclic) bond motifs is 7. The minimum Gasteiger partial charge on any atom is -0.357 e. The van der Waals surface area contributed by atoms with Gasteiger partial charge >= 0.3 is 0 Å². The second-order valence-corrected chi connectivity index (χ2v) is 7.71. The third-order valence-electron chi connectivity index (χ3n) is 5.99. The molecule has 0 unspecified atom stereocenters. The Morgan fingerprint density at radius 2 is 2.09 bits per heavy atom. The van der Waals surface area contributed by atoms with E-state index in [0.717, 1.165) is 18.0 Å². The first-order valence-electron chi connectivity index (χ1n) is 8.69. The van der Waals surface area contributed by atoms with Gasteiger partial charge in [0.05, 0.1) is 12.2 Å². The van der Waals surface area contributed by atoms with E-state index < -0.39 is 0 Å². The molecule has 3 aliphatic heterocycles. The van der Waals surface area contributed by atoms with Crippen LogP contribution in [0.3, 0.4) is 0 Å². The van der Waals surface area contributed by atoms with Gasteiger partial charge in [0.15, 0.2) is 0 Å². The number of rotatable bonds is 0. The molecule has 0 saturated carbocycles. The molecule has 2 atom stereocenters. The van der Waals surface area contributed by atoms with Gasteiger partial charge in [-0.1, -0.05) is 17.7 Å². The van der Waals surface area contributed by atoms with Crippen LogP contribution in [-0.4, -0.2) is 65.6 Å². The molecule has 5 heteroatoms. The van der Waals surface area contributed by atoms with Gasteiger partial charge in [0, 0.05) is 54.3 Å². The molecule has 0 bridgehead atoms. The highest BCUT2D eigenvalue weighted by molar-refractivity contribution is 6.31. The largest absolute Gasteiger partial charge is 0.357 e. The predicted octanol–water partition coefficient (Wildman–Crippen LogP) is 2.70. The van der Waals surface area contributed by atoms with E-state index in [1.54, 1.807) is 0 Å². The van der Waals surface area contributed by atoms with Crippen LogP contribution in [0.5, 0.6) is 0 Å². The van der Waals surface area contributed by atoms with Crippen molar-refractivity contribution in [3.63, 3.8) is 0 Å². The molecule has 2 fully saturated rings. The molecular weight excluding hydrogens is 308 g/mol. The number of likely N-dealkylation sites (N-methyl/N-ethyl adjacent to an activating group) is 1. The summed E-state index contributed by atoms with van der Waals surface area (Å²) < 4.78 is 0. The van der Waals surface area contributed by atoms with Gasteiger partial charge in [-0.3, -0.25) is 9.80 Å². The molecule has 1 aromatic carbocycles. The maximum atomic E-state index is 6.18. The molecular formula is C18H23ClN4. The van der Waals surface area contributed by atoms with Crippen molar-refractivity contribution in [3.8, 4) is 0 Å². The summed E-state index contributed by atoms with van der Waals surface area (Å²) in [5.74, 6) is 0. The van der Waals surface area contributed by atoms with Gasteiger partial charge in [-0.25, -0.2) is 0 Å². The van der Waals surface area contributed by atoms with Crippen molar-refractivity contribution < 1.29 is 0 Å². The SMILES string of the molecule is CN1CCN2CC[C@H]3c4[nH]c5cc(Cl)ccc5c4CCN3[C@H]2C1. The molecule has 2 saturated heterocycles. The number of H-pyrrole nitrogens is 1. The second-order valence-electron chi connectivity index (χ2n) is 7.28. The molecule has 4 heterocycles. The zero-order valence-corrected chi connectivity index (χ0v) is 14.3. The van der Waals surface area contributed by atoms with E-state index in [1.807, 2.05) is 6.07 Å². The minimum absolute atomic E-state index is 0.540. The topological polar surface area (TPSA) is 25.5 Å². The number of aromatic nitrogens is 1. The molecule has 3 aliphatic rings. The molecule has 2 aromatic rings. The van der Waals surface area contributed by atoms with E-state index in [9.17, 15) is 0 Å². The molecule has 0 radical (unpaired) electrons. The molecule has 0 amide bonds. The van der Waals surface area contributed by atoms with Gasteiger partial charge in [0.25, 0.3) is 0 Å². The minimum atomic E-state index is 0.540. The summed E-state index contributed by atoms with van der Waals surface area (Å²) in [7, 11) is 2.25. The second kappa shape index (κ2) is 5.21. The van der Waals surface area contributed by atoms with Gasteiger partial charge < -0.3 is 9.88 Å². The summed E-state index contributed by atoms with van der Waals surface area (Å²) in [5, 5.41) is 2.18. The number of benzene rings is 1. The highest BCUT2D eigenvalue weighted by Crippen LogP contribution is 2.41. The molecule has 5 rings (SSSR count). The van der Waals surface area contributed by atoms with Gasteiger partial charge in [0.2, 0.25) is 0 Å². The van der Waals surface area contributed by atoms with Crippen molar-refractivity contribution in [1.29, 1.82) is 0 Å². The Labute approximate surface area is 142 Å². The van der Waals surface area contributed by atoms with Gasteiger partial charge in [-0.2, -0.15) is 0 Å². The van der Waals surface area contributed by atoms with Crippen LogP contribution in [0.1, 0.15) is 23.7 Å². The van der Waals surface area contributed by atoms with Crippen molar-refractivity contribution in [2.75, 3.05) is 39.8 Å². The number of halogens is 1. The smallest absolute Gasteiger partial charge is 0.0759 e. The Hall–Kier alpha value is -1.07. The van der Waals surface area contributed by atoms with Crippen LogP contribution in [0.4, 0.5) is 0 Å². The van der Waals surface area contributed by atoms with E-state index in [-0.39, 0.29) is 0 Å². The van der Waals surface area contributed by atoms with E-state index in [4.69, 9.17) is 11.6 Å². The fraction of sp³-hybridized carbons (Fsp3) is 0.556. The Kier molecular flexibility index (Phi) is 3.24. The van der Waals surface area contributed by atoms with Crippen LogP contribution in [0.15, 0.2) is 18.2 Å². The number of piperazine rings is 1. The molecule has 1 aromatic heterocycles. The molecule has 4 nitrogen and oxygen atoms in total. The van der Waals surface area contributed by atoms with Crippen LogP contribution in [0.2, 0.25) is 5.02 Å². The number of aromatic amines is 1.